The largest absolute Gasteiger partial charge is 0.329 e. The van der Waals surface area contributed by atoms with E-state index >= 15 is 0 Å². The van der Waals surface area contributed by atoms with E-state index in [9.17, 15) is 4.79 Å². The van der Waals surface area contributed by atoms with Gasteiger partial charge in [-0.15, -0.1) is 0 Å². The Balaban J connectivity index is 2.39. The molecule has 0 saturated carbocycles. The molecule has 1 amide bonds. The molecule has 0 saturated heterocycles. The fourth-order valence-corrected chi connectivity index (χ4v) is 2.02. The minimum atomic E-state index is -0.550. The van der Waals surface area contributed by atoms with E-state index in [4.69, 9.17) is 5.73 Å². The fourth-order valence-electron chi connectivity index (χ4n) is 2.02. The second kappa shape index (κ2) is 5.59. The van der Waals surface area contributed by atoms with E-state index in [1.807, 2.05) is 51.1 Å². The molecule has 2 aromatic rings. The number of carbonyl (C=O) groups excluding carboxylic acids is 1. The Kier molecular flexibility index (Phi) is 4.04. The first-order chi connectivity index (χ1) is 9.50. The molecule has 0 bridgehead atoms. The molecule has 4 heteroatoms. The highest BCUT2D eigenvalue weighted by molar-refractivity contribution is 6.02. The summed E-state index contributed by atoms with van der Waals surface area (Å²) in [5.41, 5.74) is 7.67. The fraction of sp³-hybridized carbons (Fsp3) is 0.375. The van der Waals surface area contributed by atoms with Crippen molar-refractivity contribution in [1.82, 2.24) is 4.98 Å². The summed E-state index contributed by atoms with van der Waals surface area (Å²) >= 11 is 0. The Hall–Kier alpha value is -1.94. The van der Waals surface area contributed by atoms with Crippen molar-refractivity contribution < 1.29 is 4.79 Å². The third kappa shape index (κ3) is 2.65. The van der Waals surface area contributed by atoms with E-state index in [0.29, 0.717) is 13.0 Å². The first kappa shape index (κ1) is 14.5. The van der Waals surface area contributed by atoms with Gasteiger partial charge in [-0.1, -0.05) is 25.1 Å². The Morgan fingerprint density at radius 2 is 2.10 bits per heavy atom. The van der Waals surface area contributed by atoms with Crippen molar-refractivity contribution in [3.8, 4) is 0 Å². The van der Waals surface area contributed by atoms with Gasteiger partial charge >= 0.3 is 0 Å². The van der Waals surface area contributed by atoms with E-state index < -0.39 is 5.41 Å². The van der Waals surface area contributed by atoms with Crippen molar-refractivity contribution >= 4 is 22.5 Å². The van der Waals surface area contributed by atoms with Crippen molar-refractivity contribution in [2.45, 2.75) is 27.2 Å². The van der Waals surface area contributed by atoms with E-state index in [-0.39, 0.29) is 5.91 Å². The summed E-state index contributed by atoms with van der Waals surface area (Å²) in [5, 5.41) is 3.99. The zero-order valence-electron chi connectivity index (χ0n) is 12.2. The third-order valence-electron chi connectivity index (χ3n) is 3.89. The van der Waals surface area contributed by atoms with E-state index in [1.165, 1.54) is 0 Å². The second-order valence-electron chi connectivity index (χ2n) is 5.40. The molecule has 4 nitrogen and oxygen atoms in total. The number of nitrogens with one attached hydrogen (secondary N) is 1. The van der Waals surface area contributed by atoms with Crippen LogP contribution in [0.3, 0.4) is 0 Å². The van der Waals surface area contributed by atoms with Gasteiger partial charge in [0, 0.05) is 17.6 Å². The van der Waals surface area contributed by atoms with Crippen LogP contribution in [-0.2, 0) is 4.79 Å². The number of para-hydroxylation sites is 1. The van der Waals surface area contributed by atoms with Crippen LogP contribution >= 0.6 is 0 Å². The molecule has 0 radical (unpaired) electrons. The van der Waals surface area contributed by atoms with Crippen LogP contribution in [-0.4, -0.2) is 17.4 Å². The Labute approximate surface area is 119 Å². The van der Waals surface area contributed by atoms with Gasteiger partial charge in [0.25, 0.3) is 0 Å². The number of fused-ring (bicyclic) bond motifs is 1. The van der Waals surface area contributed by atoms with Crippen LogP contribution in [0.1, 0.15) is 26.0 Å². The van der Waals surface area contributed by atoms with Gasteiger partial charge in [-0.3, -0.25) is 9.78 Å². The number of nitrogens with two attached hydrogens (primary N) is 1. The zero-order chi connectivity index (χ0) is 14.8. The summed E-state index contributed by atoms with van der Waals surface area (Å²) in [4.78, 5) is 16.9. The Morgan fingerprint density at radius 3 is 2.75 bits per heavy atom. The SMILES string of the molecule is CCC(C)(CN)C(=O)Nc1cccc2ccc(C)nc12. The molecule has 1 atom stereocenters. The molecule has 0 fully saturated rings. The standard InChI is InChI=1S/C16H21N3O/c1-4-16(3,10-17)15(20)19-13-7-5-6-12-9-8-11(2)18-14(12)13/h5-9H,4,10,17H2,1-3H3,(H,19,20). The van der Waals surface area contributed by atoms with Gasteiger partial charge in [0.1, 0.15) is 0 Å². The lowest BCUT2D eigenvalue weighted by molar-refractivity contribution is -0.124. The number of hydrogen-bond donors (Lipinski definition) is 2. The van der Waals surface area contributed by atoms with Crippen molar-refractivity contribution in [2.24, 2.45) is 11.1 Å². The molecular weight excluding hydrogens is 250 g/mol. The number of aromatic nitrogens is 1. The number of amides is 1. The number of aryl methyl sites for hydroxylation is 1. The molecule has 1 unspecified atom stereocenters. The number of carbonyl (C=O) groups is 1. The maximum absolute atomic E-state index is 12.4. The Bertz CT molecular complexity index is 633. The smallest absolute Gasteiger partial charge is 0.231 e. The van der Waals surface area contributed by atoms with Crippen LogP contribution in [0.15, 0.2) is 30.3 Å². The molecule has 2 rings (SSSR count). The van der Waals surface area contributed by atoms with Crippen molar-refractivity contribution in [3.05, 3.63) is 36.0 Å². The van der Waals surface area contributed by atoms with Gasteiger partial charge < -0.3 is 11.1 Å². The molecule has 0 aliphatic rings. The highest BCUT2D eigenvalue weighted by Crippen LogP contribution is 2.26. The molecule has 0 aliphatic heterocycles. The van der Waals surface area contributed by atoms with E-state index in [0.717, 1.165) is 22.3 Å². The highest BCUT2D eigenvalue weighted by atomic mass is 16.2. The van der Waals surface area contributed by atoms with Gasteiger partial charge in [0.05, 0.1) is 16.6 Å². The monoisotopic (exact) mass is 271 g/mol. The first-order valence-corrected chi connectivity index (χ1v) is 6.88. The molecule has 1 aromatic heterocycles. The number of benzene rings is 1. The summed E-state index contributed by atoms with van der Waals surface area (Å²) < 4.78 is 0. The van der Waals surface area contributed by atoms with Crippen molar-refractivity contribution in [3.63, 3.8) is 0 Å². The van der Waals surface area contributed by atoms with Crippen LogP contribution in [0.2, 0.25) is 0 Å². The molecule has 1 aromatic carbocycles. The molecule has 3 N–H and O–H groups in total. The van der Waals surface area contributed by atoms with Gasteiger partial charge in [0.2, 0.25) is 5.91 Å². The zero-order valence-corrected chi connectivity index (χ0v) is 12.2. The normalized spacial score (nSPS) is 14.0. The van der Waals surface area contributed by atoms with Crippen LogP contribution in [0.4, 0.5) is 5.69 Å². The molecule has 0 aliphatic carbocycles. The Morgan fingerprint density at radius 1 is 1.35 bits per heavy atom. The van der Waals surface area contributed by atoms with Crippen molar-refractivity contribution in [1.29, 1.82) is 0 Å². The van der Waals surface area contributed by atoms with Gasteiger partial charge in [-0.25, -0.2) is 0 Å². The van der Waals surface area contributed by atoms with Crippen LogP contribution in [0.25, 0.3) is 10.9 Å². The topological polar surface area (TPSA) is 68.0 Å². The van der Waals surface area contributed by atoms with E-state index in [2.05, 4.69) is 10.3 Å². The lowest BCUT2D eigenvalue weighted by Crippen LogP contribution is -2.39. The maximum atomic E-state index is 12.4. The quantitative estimate of drug-likeness (QED) is 0.898. The summed E-state index contributed by atoms with van der Waals surface area (Å²) in [6, 6.07) is 9.75. The van der Waals surface area contributed by atoms with Gasteiger partial charge in [-0.05, 0) is 32.4 Å². The number of anilines is 1. The van der Waals surface area contributed by atoms with E-state index in [1.54, 1.807) is 0 Å². The highest BCUT2D eigenvalue weighted by Gasteiger charge is 2.29. The third-order valence-corrected chi connectivity index (χ3v) is 3.89. The summed E-state index contributed by atoms with van der Waals surface area (Å²) in [5.74, 6) is -0.0571. The lowest BCUT2D eigenvalue weighted by atomic mass is 9.86. The van der Waals surface area contributed by atoms with Gasteiger partial charge in [-0.2, -0.15) is 0 Å². The summed E-state index contributed by atoms with van der Waals surface area (Å²) in [6.45, 7) is 6.12. The average molecular weight is 271 g/mol. The predicted molar refractivity (Wildman–Crippen MR) is 82.6 cm³/mol. The lowest BCUT2D eigenvalue weighted by Gasteiger charge is -2.25. The van der Waals surface area contributed by atoms with Crippen LogP contribution in [0.5, 0.6) is 0 Å². The number of nitrogens with zero attached hydrogens (tertiary/aromatic N) is 1. The van der Waals surface area contributed by atoms with Crippen LogP contribution < -0.4 is 11.1 Å². The molecule has 1 heterocycles. The number of hydrogen-bond acceptors (Lipinski definition) is 3. The van der Waals surface area contributed by atoms with Crippen LogP contribution in [0, 0.1) is 12.3 Å². The minimum absolute atomic E-state index is 0.0571. The first-order valence-electron chi connectivity index (χ1n) is 6.88. The average Bonchev–Trinajstić information content (AvgIpc) is 2.47. The van der Waals surface area contributed by atoms with Crippen molar-refractivity contribution in [2.75, 3.05) is 11.9 Å². The molecule has 106 valence electrons. The molecule has 0 spiro atoms. The van der Waals surface area contributed by atoms with Gasteiger partial charge in [0.15, 0.2) is 0 Å². The molecular formula is C16H21N3O. The number of rotatable bonds is 4. The molecule has 20 heavy (non-hydrogen) atoms. The summed E-state index contributed by atoms with van der Waals surface area (Å²) in [7, 11) is 0. The second-order valence-corrected chi connectivity index (χ2v) is 5.40. The number of pyridine rings is 1. The summed E-state index contributed by atoms with van der Waals surface area (Å²) in [6.07, 6.45) is 0.701. The minimum Gasteiger partial charge on any atom is -0.329 e. The maximum Gasteiger partial charge on any atom is 0.231 e. The predicted octanol–water partition coefficient (Wildman–Crippen LogP) is 2.86.